The predicted octanol–water partition coefficient (Wildman–Crippen LogP) is 3.66. The third-order valence-corrected chi connectivity index (χ3v) is 3.52. The van der Waals surface area contributed by atoms with Gasteiger partial charge in [0.15, 0.2) is 6.61 Å². The number of hydrogen-bond acceptors (Lipinski definition) is 3. The molecule has 1 N–H and O–H groups in total. The molecular weight excluding hydrogens is 316 g/mol. The van der Waals surface area contributed by atoms with Gasteiger partial charge in [-0.25, -0.2) is 9.48 Å². The van der Waals surface area contributed by atoms with E-state index in [2.05, 4.69) is 5.10 Å². The van der Waals surface area contributed by atoms with E-state index in [9.17, 15) is 4.79 Å². The van der Waals surface area contributed by atoms with Gasteiger partial charge in [-0.3, -0.25) is 0 Å². The van der Waals surface area contributed by atoms with Gasteiger partial charge < -0.3 is 9.84 Å². The Bertz CT molecular complexity index is 817. The molecule has 1 aromatic heterocycles. The number of hydrogen-bond donors (Lipinski definition) is 1. The minimum Gasteiger partial charge on any atom is -0.479 e. The van der Waals surface area contributed by atoms with Crippen LogP contribution in [-0.2, 0) is 4.79 Å². The number of rotatable bonds is 5. The van der Waals surface area contributed by atoms with E-state index in [1.54, 1.807) is 4.68 Å². The normalized spacial score (nSPS) is 10.5. The fraction of sp³-hybridized carbons (Fsp3) is 0.0588. The average molecular weight is 329 g/mol. The van der Waals surface area contributed by atoms with Crippen molar-refractivity contribution in [1.82, 2.24) is 9.78 Å². The van der Waals surface area contributed by atoms with Gasteiger partial charge in [-0.05, 0) is 12.1 Å². The number of carboxylic acids is 1. The van der Waals surface area contributed by atoms with Crippen molar-refractivity contribution in [1.29, 1.82) is 0 Å². The molecule has 116 valence electrons. The number of halogens is 1. The van der Waals surface area contributed by atoms with Crippen molar-refractivity contribution in [3.63, 3.8) is 0 Å². The van der Waals surface area contributed by atoms with Gasteiger partial charge >= 0.3 is 5.97 Å². The minimum atomic E-state index is -1.09. The SMILES string of the molecule is O=C(O)COc1nn(-c2ccccc2)c(-c2ccccc2)c1Cl. The lowest BCUT2D eigenvalue weighted by Gasteiger charge is -2.07. The lowest BCUT2D eigenvalue weighted by atomic mass is 10.1. The first-order valence-electron chi connectivity index (χ1n) is 6.91. The van der Waals surface area contributed by atoms with E-state index in [4.69, 9.17) is 21.4 Å². The van der Waals surface area contributed by atoms with E-state index in [0.29, 0.717) is 5.69 Å². The maximum Gasteiger partial charge on any atom is 0.341 e. The molecule has 0 saturated carbocycles. The minimum absolute atomic E-state index is 0.0942. The Kier molecular flexibility index (Phi) is 4.30. The van der Waals surface area contributed by atoms with Crippen molar-refractivity contribution in [2.24, 2.45) is 0 Å². The molecule has 6 heteroatoms. The molecule has 23 heavy (non-hydrogen) atoms. The Balaban J connectivity index is 2.13. The van der Waals surface area contributed by atoms with E-state index in [-0.39, 0.29) is 10.9 Å². The van der Waals surface area contributed by atoms with E-state index < -0.39 is 12.6 Å². The molecule has 2 aromatic carbocycles. The van der Waals surface area contributed by atoms with Crippen LogP contribution in [0.2, 0.25) is 5.02 Å². The molecule has 0 radical (unpaired) electrons. The standard InChI is InChI=1S/C17H13ClN2O3/c18-15-16(12-7-3-1-4-8-12)20(13-9-5-2-6-10-13)19-17(15)23-11-14(21)22/h1-10H,11H2,(H,21,22). The zero-order chi connectivity index (χ0) is 16.2. The topological polar surface area (TPSA) is 64.3 Å². The average Bonchev–Trinajstić information content (AvgIpc) is 2.91. The molecule has 0 fully saturated rings. The van der Waals surface area contributed by atoms with Gasteiger partial charge in [0.1, 0.15) is 5.02 Å². The molecule has 3 rings (SSSR count). The van der Waals surface area contributed by atoms with E-state index in [1.165, 1.54) is 0 Å². The first kappa shape index (κ1) is 15.1. The summed E-state index contributed by atoms with van der Waals surface area (Å²) in [7, 11) is 0. The quantitative estimate of drug-likeness (QED) is 0.776. The monoisotopic (exact) mass is 328 g/mol. The summed E-state index contributed by atoms with van der Waals surface area (Å²) in [4.78, 5) is 10.7. The smallest absolute Gasteiger partial charge is 0.341 e. The number of ether oxygens (including phenoxy) is 1. The lowest BCUT2D eigenvalue weighted by Crippen LogP contribution is -2.10. The van der Waals surface area contributed by atoms with Gasteiger partial charge in [-0.15, -0.1) is 5.10 Å². The summed E-state index contributed by atoms with van der Waals surface area (Å²) in [6.45, 7) is -0.500. The maximum atomic E-state index is 10.7. The maximum absolute atomic E-state index is 10.7. The zero-order valence-corrected chi connectivity index (χ0v) is 12.8. The summed E-state index contributed by atoms with van der Waals surface area (Å²) < 4.78 is 6.85. The van der Waals surface area contributed by atoms with Crippen molar-refractivity contribution in [2.75, 3.05) is 6.61 Å². The number of nitrogens with zero attached hydrogens (tertiary/aromatic N) is 2. The van der Waals surface area contributed by atoms with Gasteiger partial charge in [-0.1, -0.05) is 60.1 Å². The van der Waals surface area contributed by atoms with Crippen LogP contribution in [0.15, 0.2) is 60.7 Å². The van der Waals surface area contributed by atoms with Crippen molar-refractivity contribution >= 4 is 17.6 Å². The number of carbonyl (C=O) groups is 1. The van der Waals surface area contributed by atoms with Gasteiger partial charge in [0.25, 0.3) is 5.88 Å². The van der Waals surface area contributed by atoms with E-state index in [1.807, 2.05) is 60.7 Å². The molecule has 0 saturated heterocycles. The number of aromatic nitrogens is 2. The summed E-state index contributed by atoms with van der Waals surface area (Å²) in [5, 5.41) is 13.4. The fourth-order valence-electron chi connectivity index (χ4n) is 2.20. The van der Waals surface area contributed by atoms with Gasteiger partial charge in [0, 0.05) is 5.56 Å². The van der Waals surface area contributed by atoms with Crippen LogP contribution in [0.5, 0.6) is 5.88 Å². The Hall–Kier alpha value is -2.79. The summed E-state index contributed by atoms with van der Waals surface area (Å²) in [5.74, 6) is -0.992. The van der Waals surface area contributed by atoms with Crippen LogP contribution < -0.4 is 4.74 Å². The highest BCUT2D eigenvalue weighted by molar-refractivity contribution is 6.34. The second kappa shape index (κ2) is 6.54. The third kappa shape index (κ3) is 3.19. The summed E-state index contributed by atoms with van der Waals surface area (Å²) in [6, 6.07) is 19.0. The van der Waals surface area contributed by atoms with Crippen LogP contribution in [0.1, 0.15) is 0 Å². The van der Waals surface area contributed by atoms with E-state index in [0.717, 1.165) is 11.3 Å². The van der Waals surface area contributed by atoms with Crippen LogP contribution in [0.3, 0.4) is 0 Å². The molecule has 5 nitrogen and oxygen atoms in total. The van der Waals surface area contributed by atoms with Crippen molar-refractivity contribution in [3.05, 3.63) is 65.7 Å². The Morgan fingerprint density at radius 1 is 1.09 bits per heavy atom. The Morgan fingerprint density at radius 3 is 2.30 bits per heavy atom. The predicted molar refractivity (Wildman–Crippen MR) is 87.1 cm³/mol. The summed E-state index contributed by atoms with van der Waals surface area (Å²) >= 11 is 6.40. The summed E-state index contributed by atoms with van der Waals surface area (Å²) in [6.07, 6.45) is 0. The zero-order valence-electron chi connectivity index (χ0n) is 12.0. The van der Waals surface area contributed by atoms with E-state index >= 15 is 0 Å². The second-order valence-electron chi connectivity index (χ2n) is 4.76. The molecule has 0 amide bonds. The first-order valence-corrected chi connectivity index (χ1v) is 7.28. The fourth-order valence-corrected chi connectivity index (χ4v) is 2.48. The molecule has 3 aromatic rings. The highest BCUT2D eigenvalue weighted by Crippen LogP contribution is 2.36. The molecule has 0 aliphatic carbocycles. The number of carboxylic acid groups (broad SMARTS) is 1. The largest absolute Gasteiger partial charge is 0.479 e. The Labute approximate surface area is 137 Å². The van der Waals surface area contributed by atoms with Crippen LogP contribution in [-0.4, -0.2) is 27.5 Å². The first-order chi connectivity index (χ1) is 11.2. The molecule has 0 aliphatic rings. The molecule has 1 heterocycles. The highest BCUT2D eigenvalue weighted by Gasteiger charge is 2.20. The number of benzene rings is 2. The van der Waals surface area contributed by atoms with Crippen molar-refractivity contribution < 1.29 is 14.6 Å². The van der Waals surface area contributed by atoms with Crippen LogP contribution in [0.4, 0.5) is 0 Å². The molecular formula is C17H13ClN2O3. The van der Waals surface area contributed by atoms with Gasteiger partial charge in [0.05, 0.1) is 11.4 Å². The van der Waals surface area contributed by atoms with Gasteiger partial charge in [0.2, 0.25) is 0 Å². The Morgan fingerprint density at radius 2 is 1.70 bits per heavy atom. The lowest BCUT2D eigenvalue weighted by molar-refractivity contribution is -0.139. The highest BCUT2D eigenvalue weighted by atomic mass is 35.5. The van der Waals surface area contributed by atoms with Crippen molar-refractivity contribution in [2.45, 2.75) is 0 Å². The third-order valence-electron chi connectivity index (χ3n) is 3.18. The number of aliphatic carboxylic acids is 1. The second-order valence-corrected chi connectivity index (χ2v) is 5.14. The molecule has 0 unspecified atom stereocenters. The van der Waals surface area contributed by atoms with Crippen LogP contribution >= 0.6 is 11.6 Å². The van der Waals surface area contributed by atoms with Crippen molar-refractivity contribution in [3.8, 4) is 22.8 Å². The van der Waals surface area contributed by atoms with Gasteiger partial charge in [-0.2, -0.15) is 0 Å². The molecule has 0 aliphatic heterocycles. The van der Waals surface area contributed by atoms with Crippen LogP contribution in [0, 0.1) is 0 Å². The molecule has 0 bridgehead atoms. The molecule has 0 atom stereocenters. The summed E-state index contributed by atoms with van der Waals surface area (Å²) in [5.41, 5.74) is 2.32. The number of para-hydroxylation sites is 1. The molecule has 0 spiro atoms. The van der Waals surface area contributed by atoms with Crippen LogP contribution in [0.25, 0.3) is 16.9 Å².